The van der Waals surface area contributed by atoms with Gasteiger partial charge in [0.2, 0.25) is 0 Å². The average molecular weight is 299 g/mol. The van der Waals surface area contributed by atoms with Gasteiger partial charge < -0.3 is 14.4 Å². The molecule has 5 nitrogen and oxygen atoms in total. The van der Waals surface area contributed by atoms with E-state index in [1.54, 1.807) is 0 Å². The molecule has 0 radical (unpaired) electrons. The second-order valence-corrected chi connectivity index (χ2v) is 6.45. The van der Waals surface area contributed by atoms with Gasteiger partial charge in [-0.15, -0.1) is 0 Å². The minimum atomic E-state index is 0.459. The van der Waals surface area contributed by atoms with Gasteiger partial charge in [-0.3, -0.25) is 0 Å². The monoisotopic (exact) mass is 299 g/mol. The molecule has 22 heavy (non-hydrogen) atoms. The summed E-state index contributed by atoms with van der Waals surface area (Å²) < 4.78 is 11.1. The van der Waals surface area contributed by atoms with Crippen molar-refractivity contribution in [3.05, 3.63) is 22.9 Å². The predicted octanol–water partition coefficient (Wildman–Crippen LogP) is 2.38. The molecule has 0 aliphatic carbocycles. The van der Waals surface area contributed by atoms with E-state index in [-0.39, 0.29) is 0 Å². The molecule has 5 heteroatoms. The number of hydrogen-bond donors (Lipinski definition) is 0. The fourth-order valence-corrected chi connectivity index (χ4v) is 4.01. The molecule has 2 atom stereocenters. The Kier molecular flexibility index (Phi) is 3.73. The van der Waals surface area contributed by atoms with Crippen molar-refractivity contribution >= 4 is 5.82 Å². The highest BCUT2D eigenvalue weighted by Crippen LogP contribution is 2.35. The number of nitriles is 1. The Bertz CT molecular complexity index is 605. The van der Waals surface area contributed by atoms with Crippen LogP contribution in [0.5, 0.6) is 0 Å². The highest BCUT2D eigenvalue weighted by Gasteiger charge is 2.35. The summed E-state index contributed by atoms with van der Waals surface area (Å²) in [5, 5.41) is 9.52. The van der Waals surface area contributed by atoms with Gasteiger partial charge in [-0.1, -0.05) is 0 Å². The Balaban J connectivity index is 1.66. The van der Waals surface area contributed by atoms with E-state index in [0.29, 0.717) is 30.7 Å². The summed E-state index contributed by atoms with van der Waals surface area (Å²) in [4.78, 5) is 7.15. The molecule has 3 aliphatic rings. The van der Waals surface area contributed by atoms with Gasteiger partial charge in [0, 0.05) is 30.7 Å². The van der Waals surface area contributed by atoms with E-state index < -0.39 is 0 Å². The Morgan fingerprint density at radius 2 is 2.18 bits per heavy atom. The van der Waals surface area contributed by atoms with Crippen LogP contribution >= 0.6 is 0 Å². The molecule has 1 aromatic rings. The van der Waals surface area contributed by atoms with E-state index in [9.17, 15) is 5.26 Å². The molecule has 1 aromatic heterocycles. The quantitative estimate of drug-likeness (QED) is 0.839. The Labute approximate surface area is 130 Å². The zero-order chi connectivity index (χ0) is 14.9. The Hall–Kier alpha value is -1.64. The van der Waals surface area contributed by atoms with Crippen LogP contribution in [0.25, 0.3) is 0 Å². The molecule has 0 amide bonds. The Morgan fingerprint density at radius 1 is 1.23 bits per heavy atom. The first kappa shape index (κ1) is 14.0. The van der Waals surface area contributed by atoms with Gasteiger partial charge in [-0.2, -0.15) is 5.26 Å². The number of ether oxygens (including phenoxy) is 2. The minimum Gasteiger partial charge on any atom is -0.381 e. The number of pyridine rings is 1. The third kappa shape index (κ3) is 2.37. The molecular formula is C17H21N3O2. The van der Waals surface area contributed by atoms with E-state index in [1.165, 1.54) is 19.3 Å². The second-order valence-electron chi connectivity index (χ2n) is 6.45. The Morgan fingerprint density at radius 3 is 3.00 bits per heavy atom. The van der Waals surface area contributed by atoms with Crippen LogP contribution < -0.4 is 4.90 Å². The first-order valence-electron chi connectivity index (χ1n) is 8.22. The number of anilines is 1. The van der Waals surface area contributed by atoms with Gasteiger partial charge in [0.15, 0.2) is 0 Å². The van der Waals surface area contributed by atoms with Crippen LogP contribution in [0.1, 0.15) is 42.5 Å². The first-order chi connectivity index (χ1) is 10.9. The number of nitrogens with zero attached hydrogens (tertiary/aromatic N) is 3. The third-order valence-corrected chi connectivity index (χ3v) is 5.10. The summed E-state index contributed by atoms with van der Waals surface area (Å²) in [6, 6.07) is 4.76. The standard InChI is InChI=1S/C17H21N3O2/c18-8-13-7-14-10-22-11-15(14)19-17(13)20-5-1-4-16(20)12-3-2-6-21-9-12/h7,12,16H,1-6,9-11H2. The zero-order valence-electron chi connectivity index (χ0n) is 12.8. The third-order valence-electron chi connectivity index (χ3n) is 5.10. The van der Waals surface area contributed by atoms with Crippen LogP contribution in [0.2, 0.25) is 0 Å². The molecule has 2 fully saturated rings. The summed E-state index contributed by atoms with van der Waals surface area (Å²) in [6.45, 7) is 3.87. The summed E-state index contributed by atoms with van der Waals surface area (Å²) in [7, 11) is 0. The maximum Gasteiger partial charge on any atom is 0.147 e. The van der Waals surface area contributed by atoms with Crippen LogP contribution in [0.15, 0.2) is 6.07 Å². The fourth-order valence-electron chi connectivity index (χ4n) is 4.01. The van der Waals surface area contributed by atoms with E-state index >= 15 is 0 Å². The van der Waals surface area contributed by atoms with Crippen LogP contribution in [-0.4, -0.2) is 30.8 Å². The molecule has 0 spiro atoms. The molecule has 0 aromatic carbocycles. The number of aromatic nitrogens is 1. The van der Waals surface area contributed by atoms with E-state index in [4.69, 9.17) is 14.5 Å². The summed E-state index contributed by atoms with van der Waals surface area (Å²) in [5.41, 5.74) is 2.75. The van der Waals surface area contributed by atoms with Gasteiger partial charge in [-0.25, -0.2) is 4.98 Å². The molecule has 0 N–H and O–H groups in total. The zero-order valence-corrected chi connectivity index (χ0v) is 12.8. The van der Waals surface area contributed by atoms with Gasteiger partial charge in [0.25, 0.3) is 0 Å². The number of hydrogen-bond acceptors (Lipinski definition) is 5. The van der Waals surface area contributed by atoms with Crippen LogP contribution in [-0.2, 0) is 22.7 Å². The van der Waals surface area contributed by atoms with Crippen molar-refractivity contribution in [3.63, 3.8) is 0 Å². The lowest BCUT2D eigenvalue weighted by Crippen LogP contribution is -2.40. The maximum atomic E-state index is 9.52. The molecule has 116 valence electrons. The molecular weight excluding hydrogens is 278 g/mol. The minimum absolute atomic E-state index is 0.459. The van der Waals surface area contributed by atoms with Crippen LogP contribution in [0, 0.1) is 17.2 Å². The lowest BCUT2D eigenvalue weighted by molar-refractivity contribution is 0.0454. The summed E-state index contributed by atoms with van der Waals surface area (Å²) in [5.74, 6) is 1.42. The second kappa shape index (κ2) is 5.86. The lowest BCUT2D eigenvalue weighted by atomic mass is 9.92. The van der Waals surface area contributed by atoms with E-state index in [2.05, 4.69) is 11.0 Å². The summed E-state index contributed by atoms with van der Waals surface area (Å²) in [6.07, 6.45) is 4.71. The molecule has 0 saturated carbocycles. The predicted molar refractivity (Wildman–Crippen MR) is 81.4 cm³/mol. The van der Waals surface area contributed by atoms with Gasteiger partial charge in [0.1, 0.15) is 11.9 Å². The average Bonchev–Trinajstić information content (AvgIpc) is 3.22. The lowest BCUT2D eigenvalue weighted by Gasteiger charge is -2.35. The van der Waals surface area contributed by atoms with Gasteiger partial charge in [-0.05, 0) is 31.7 Å². The smallest absolute Gasteiger partial charge is 0.147 e. The van der Waals surface area contributed by atoms with Crippen LogP contribution in [0.4, 0.5) is 5.82 Å². The first-order valence-corrected chi connectivity index (χ1v) is 8.22. The van der Waals surface area contributed by atoms with Crippen molar-refractivity contribution in [3.8, 4) is 6.07 Å². The molecule has 2 saturated heterocycles. The SMILES string of the molecule is N#Cc1cc2c(nc1N1CCCC1C1CCCOC1)COC2. The normalized spacial score (nSPS) is 27.7. The fraction of sp³-hybridized carbons (Fsp3) is 0.647. The molecule has 0 bridgehead atoms. The van der Waals surface area contributed by atoms with Crippen molar-refractivity contribution in [1.29, 1.82) is 5.26 Å². The van der Waals surface area contributed by atoms with Crippen molar-refractivity contribution in [1.82, 2.24) is 4.98 Å². The van der Waals surface area contributed by atoms with Gasteiger partial charge >= 0.3 is 0 Å². The topological polar surface area (TPSA) is 58.4 Å². The number of rotatable bonds is 2. The van der Waals surface area contributed by atoms with Crippen molar-refractivity contribution < 1.29 is 9.47 Å². The van der Waals surface area contributed by atoms with Crippen molar-refractivity contribution in [2.45, 2.75) is 44.9 Å². The van der Waals surface area contributed by atoms with Crippen molar-refractivity contribution in [2.24, 2.45) is 5.92 Å². The van der Waals surface area contributed by atoms with E-state index in [0.717, 1.165) is 43.3 Å². The molecule has 2 unspecified atom stereocenters. The summed E-state index contributed by atoms with van der Waals surface area (Å²) >= 11 is 0. The molecule has 4 heterocycles. The van der Waals surface area contributed by atoms with Crippen molar-refractivity contribution in [2.75, 3.05) is 24.7 Å². The number of fused-ring (bicyclic) bond motifs is 1. The van der Waals surface area contributed by atoms with E-state index in [1.807, 2.05) is 6.07 Å². The largest absolute Gasteiger partial charge is 0.381 e. The highest BCUT2D eigenvalue weighted by atomic mass is 16.5. The maximum absolute atomic E-state index is 9.52. The molecule has 4 rings (SSSR count). The van der Waals surface area contributed by atoms with Crippen LogP contribution in [0.3, 0.4) is 0 Å². The van der Waals surface area contributed by atoms with Gasteiger partial charge in [0.05, 0.1) is 31.1 Å². The highest BCUT2D eigenvalue weighted by molar-refractivity contribution is 5.57. The molecule has 3 aliphatic heterocycles.